The van der Waals surface area contributed by atoms with E-state index in [1.54, 1.807) is 23.5 Å². The third-order valence-corrected chi connectivity index (χ3v) is 7.91. The van der Waals surface area contributed by atoms with Crippen LogP contribution in [0.4, 0.5) is 5.69 Å². The number of aromatic nitrogens is 1. The molecule has 3 rings (SSSR count). The van der Waals surface area contributed by atoms with E-state index in [9.17, 15) is 4.79 Å². The van der Waals surface area contributed by atoms with Gasteiger partial charge < -0.3 is 10.1 Å². The Labute approximate surface area is 238 Å². The summed E-state index contributed by atoms with van der Waals surface area (Å²) >= 11 is 8.07. The molecule has 38 heavy (non-hydrogen) atoms. The maximum atomic E-state index is 12.8. The van der Waals surface area contributed by atoms with Crippen LogP contribution in [0.1, 0.15) is 105 Å². The highest BCUT2D eigenvalue weighted by molar-refractivity contribution is 7.09. The van der Waals surface area contributed by atoms with Gasteiger partial charge in [0.15, 0.2) is 12.7 Å². The highest BCUT2D eigenvalue weighted by Crippen LogP contribution is 2.28. The summed E-state index contributed by atoms with van der Waals surface area (Å²) in [5.41, 5.74) is 4.56. The van der Waals surface area contributed by atoms with Gasteiger partial charge in [-0.15, -0.1) is 0 Å². The minimum atomic E-state index is -0.148. The fourth-order valence-corrected chi connectivity index (χ4v) is 5.33. The van der Waals surface area contributed by atoms with Crippen molar-refractivity contribution in [2.75, 3.05) is 11.9 Å². The molecule has 3 aromatic rings. The fourth-order valence-electron chi connectivity index (χ4n) is 4.52. The van der Waals surface area contributed by atoms with Crippen LogP contribution in [0.5, 0.6) is 5.75 Å². The number of nitrogens with one attached hydrogen (secondary N) is 1. The molecule has 0 aliphatic rings. The van der Waals surface area contributed by atoms with Gasteiger partial charge in [0.2, 0.25) is 5.51 Å². The summed E-state index contributed by atoms with van der Waals surface area (Å²) in [6, 6.07) is 13.1. The molecule has 1 heterocycles. The Morgan fingerprint density at radius 3 is 2.13 bits per heavy atom. The van der Waals surface area contributed by atoms with Crippen LogP contribution in [0.15, 0.2) is 54.2 Å². The number of amides is 1. The van der Waals surface area contributed by atoms with Gasteiger partial charge in [-0.1, -0.05) is 113 Å². The SMILES string of the molecule is CCCCCCCCCCCCCCOc1cc(NC(=O)c2ccc(C[n+]3csc(C)c3)cc2)ccc1Cl. The number of rotatable bonds is 18. The molecule has 0 radical (unpaired) electrons. The van der Waals surface area contributed by atoms with Gasteiger partial charge in [0.05, 0.1) is 16.5 Å². The molecule has 1 N–H and O–H groups in total. The van der Waals surface area contributed by atoms with Gasteiger partial charge in [0.1, 0.15) is 5.75 Å². The van der Waals surface area contributed by atoms with E-state index in [-0.39, 0.29) is 5.91 Å². The molecule has 0 atom stereocenters. The van der Waals surface area contributed by atoms with Crippen LogP contribution in [-0.2, 0) is 6.54 Å². The van der Waals surface area contributed by atoms with Crippen LogP contribution in [0.2, 0.25) is 5.02 Å². The average molecular weight is 556 g/mol. The van der Waals surface area contributed by atoms with Gasteiger partial charge in [-0.25, -0.2) is 0 Å². The molecule has 0 aliphatic heterocycles. The molecule has 1 aromatic heterocycles. The van der Waals surface area contributed by atoms with E-state index in [1.807, 2.05) is 30.3 Å². The molecule has 0 fully saturated rings. The number of anilines is 1. The topological polar surface area (TPSA) is 42.2 Å². The second-order valence-electron chi connectivity index (χ2n) is 10.2. The fraction of sp³-hybridized carbons (Fsp3) is 0.500. The minimum absolute atomic E-state index is 0.148. The number of benzene rings is 2. The summed E-state index contributed by atoms with van der Waals surface area (Å²) in [5.74, 6) is 0.468. The molecule has 0 bridgehead atoms. The van der Waals surface area contributed by atoms with E-state index in [2.05, 4.69) is 35.4 Å². The zero-order chi connectivity index (χ0) is 27.0. The van der Waals surface area contributed by atoms with E-state index in [0.717, 1.165) is 18.5 Å². The zero-order valence-electron chi connectivity index (χ0n) is 23.1. The molecule has 0 saturated carbocycles. The average Bonchev–Trinajstić information content (AvgIpc) is 3.33. The van der Waals surface area contributed by atoms with Crippen molar-refractivity contribution >= 4 is 34.5 Å². The Balaban J connectivity index is 1.33. The lowest BCUT2D eigenvalue weighted by atomic mass is 10.1. The van der Waals surface area contributed by atoms with Crippen molar-refractivity contribution in [3.05, 3.63) is 75.2 Å². The molecule has 1 amide bonds. The van der Waals surface area contributed by atoms with E-state index in [1.165, 1.54) is 75.5 Å². The number of unbranched alkanes of at least 4 members (excludes halogenated alkanes) is 11. The molecule has 0 spiro atoms. The van der Waals surface area contributed by atoms with Crippen molar-refractivity contribution in [1.29, 1.82) is 0 Å². The van der Waals surface area contributed by atoms with Crippen molar-refractivity contribution in [3.63, 3.8) is 0 Å². The summed E-state index contributed by atoms with van der Waals surface area (Å²) in [4.78, 5) is 14.1. The molecular weight excluding hydrogens is 512 g/mol. The van der Waals surface area contributed by atoms with Gasteiger partial charge in [-0.2, -0.15) is 4.57 Å². The smallest absolute Gasteiger partial charge is 0.255 e. The molecule has 206 valence electrons. The van der Waals surface area contributed by atoms with Gasteiger partial charge >= 0.3 is 0 Å². The van der Waals surface area contributed by atoms with E-state index >= 15 is 0 Å². The molecule has 2 aromatic carbocycles. The summed E-state index contributed by atoms with van der Waals surface area (Å²) in [7, 11) is 0. The predicted octanol–water partition coefficient (Wildman–Crippen LogP) is 9.38. The van der Waals surface area contributed by atoms with Crippen LogP contribution in [0.25, 0.3) is 0 Å². The van der Waals surface area contributed by atoms with E-state index in [4.69, 9.17) is 16.3 Å². The number of nitrogens with zero attached hydrogens (tertiary/aromatic N) is 1. The lowest BCUT2D eigenvalue weighted by molar-refractivity contribution is -0.683. The number of hydrogen-bond acceptors (Lipinski definition) is 3. The third-order valence-electron chi connectivity index (χ3n) is 6.75. The second kappa shape index (κ2) is 17.3. The zero-order valence-corrected chi connectivity index (χ0v) is 24.7. The van der Waals surface area contributed by atoms with E-state index in [0.29, 0.717) is 28.6 Å². The Morgan fingerprint density at radius 1 is 0.895 bits per heavy atom. The Kier molecular flexibility index (Phi) is 13.7. The summed E-state index contributed by atoms with van der Waals surface area (Å²) < 4.78 is 8.10. The van der Waals surface area contributed by atoms with Crippen molar-refractivity contribution < 1.29 is 14.1 Å². The van der Waals surface area contributed by atoms with Gasteiger partial charge in [0, 0.05) is 22.9 Å². The highest BCUT2D eigenvalue weighted by Gasteiger charge is 2.11. The Bertz CT molecular complexity index is 1100. The highest BCUT2D eigenvalue weighted by atomic mass is 35.5. The number of thiazole rings is 1. The molecule has 6 heteroatoms. The van der Waals surface area contributed by atoms with Crippen LogP contribution in [0.3, 0.4) is 0 Å². The second-order valence-corrected chi connectivity index (χ2v) is 11.7. The standard InChI is InChI=1S/C32H43ClN2O2S/c1-3-4-5-6-7-8-9-10-11-12-13-14-21-37-31-22-29(19-20-30(31)33)34-32(36)28-17-15-27(16-18-28)24-35-23-26(2)38-25-35/h15-20,22-23,25H,3-14,21,24H2,1-2H3/p+1. The third kappa shape index (κ3) is 11.2. The molecule has 0 unspecified atom stereocenters. The van der Waals surface area contributed by atoms with E-state index < -0.39 is 0 Å². The number of carbonyl (C=O) groups is 1. The summed E-state index contributed by atoms with van der Waals surface area (Å²) in [5, 5.41) is 3.53. The maximum Gasteiger partial charge on any atom is 0.255 e. The minimum Gasteiger partial charge on any atom is -0.492 e. The van der Waals surface area contributed by atoms with Crippen molar-refractivity contribution in [3.8, 4) is 5.75 Å². The maximum absolute atomic E-state index is 12.8. The largest absolute Gasteiger partial charge is 0.492 e. The lowest BCUT2D eigenvalue weighted by Crippen LogP contribution is -2.30. The molecule has 0 saturated heterocycles. The summed E-state index contributed by atoms with van der Waals surface area (Å²) in [6.45, 7) is 5.80. The number of halogens is 1. The predicted molar refractivity (Wildman–Crippen MR) is 161 cm³/mol. The van der Waals surface area contributed by atoms with Crippen molar-refractivity contribution in [1.82, 2.24) is 0 Å². The van der Waals surface area contributed by atoms with Crippen LogP contribution >= 0.6 is 22.9 Å². The van der Waals surface area contributed by atoms with Crippen molar-refractivity contribution in [2.45, 2.75) is 97.4 Å². The van der Waals surface area contributed by atoms with Gasteiger partial charge in [-0.05, 0) is 37.6 Å². The van der Waals surface area contributed by atoms with Crippen LogP contribution in [-0.4, -0.2) is 12.5 Å². The van der Waals surface area contributed by atoms with Gasteiger partial charge in [0.25, 0.3) is 5.91 Å². The van der Waals surface area contributed by atoms with Crippen molar-refractivity contribution in [2.24, 2.45) is 0 Å². The Morgan fingerprint density at radius 2 is 1.53 bits per heavy atom. The van der Waals surface area contributed by atoms with Crippen LogP contribution < -0.4 is 14.6 Å². The summed E-state index contributed by atoms with van der Waals surface area (Å²) in [6.07, 6.45) is 17.9. The number of carbonyl (C=O) groups excluding carboxylic acids is 1. The first-order chi connectivity index (χ1) is 18.5. The molecule has 4 nitrogen and oxygen atoms in total. The quantitative estimate of drug-likeness (QED) is 0.125. The first kappa shape index (κ1) is 30.2. The number of hydrogen-bond donors (Lipinski definition) is 1. The normalized spacial score (nSPS) is 11.0. The molecular formula is C32H44ClN2O2S+. The number of aryl methyl sites for hydroxylation is 1. The Hall–Kier alpha value is -2.37. The monoisotopic (exact) mass is 555 g/mol. The molecule has 0 aliphatic carbocycles. The van der Waals surface area contributed by atoms with Gasteiger partial charge in [-0.3, -0.25) is 4.79 Å². The first-order valence-electron chi connectivity index (χ1n) is 14.3. The lowest BCUT2D eigenvalue weighted by Gasteiger charge is -2.11. The first-order valence-corrected chi connectivity index (χ1v) is 15.6. The van der Waals surface area contributed by atoms with Crippen LogP contribution in [0, 0.1) is 6.92 Å². The number of ether oxygens (including phenoxy) is 1.